The summed E-state index contributed by atoms with van der Waals surface area (Å²) in [5, 5.41) is 5.70. The lowest BCUT2D eigenvalue weighted by Crippen LogP contribution is -2.31. The Hall–Kier alpha value is -1.48. The van der Waals surface area contributed by atoms with Crippen LogP contribution in [0.2, 0.25) is 15.2 Å². The number of aromatic nitrogens is 2. The maximum Gasteiger partial charge on any atom is 0.267 e. The fourth-order valence-corrected chi connectivity index (χ4v) is 6.62. The van der Waals surface area contributed by atoms with Crippen LogP contribution >= 0.6 is 47.2 Å². The molecule has 2 aliphatic rings. The summed E-state index contributed by atoms with van der Waals surface area (Å²) in [5.41, 5.74) is 4.69. The van der Waals surface area contributed by atoms with E-state index in [1.807, 2.05) is 25.2 Å². The highest BCUT2D eigenvalue weighted by atomic mass is 35.5. The monoisotopic (exact) mass is 518 g/mol. The average molecular weight is 520 g/mol. The number of anilines is 1. The molecule has 11 heteroatoms. The second-order valence-electron chi connectivity index (χ2n) is 7.71. The van der Waals surface area contributed by atoms with E-state index < -0.39 is 10.0 Å². The van der Waals surface area contributed by atoms with E-state index in [0.29, 0.717) is 27.0 Å². The van der Waals surface area contributed by atoms with Crippen molar-refractivity contribution in [3.8, 4) is 11.3 Å². The lowest BCUT2D eigenvalue weighted by atomic mass is 9.84. The molecule has 6 nitrogen and oxygen atoms in total. The summed E-state index contributed by atoms with van der Waals surface area (Å²) < 4.78 is 29.3. The summed E-state index contributed by atoms with van der Waals surface area (Å²) in [7, 11) is -0.113. The molecule has 2 aromatic carbocycles. The number of sulfonamides is 1. The molecule has 1 N–H and O–H groups in total. The van der Waals surface area contributed by atoms with E-state index in [1.54, 1.807) is 19.2 Å². The lowest BCUT2D eigenvalue weighted by molar-refractivity contribution is 0.295. The number of nitrogens with zero attached hydrogens (tertiary/aromatic N) is 3. The Morgan fingerprint density at radius 3 is 2.61 bits per heavy atom. The predicted molar refractivity (Wildman–Crippen MR) is 126 cm³/mol. The molecule has 31 heavy (non-hydrogen) atoms. The second-order valence-corrected chi connectivity index (χ2v) is 10.5. The third-order valence-electron chi connectivity index (χ3n) is 5.64. The molecule has 0 fully saturated rings. The van der Waals surface area contributed by atoms with Crippen LogP contribution in [0.3, 0.4) is 0 Å². The third kappa shape index (κ3) is 3.61. The number of fused-ring (bicyclic) bond motifs is 4. The predicted octanol–water partition coefficient (Wildman–Crippen LogP) is 5.16. The van der Waals surface area contributed by atoms with Crippen LogP contribution in [-0.2, 0) is 23.6 Å². The molecule has 0 amide bonds. The van der Waals surface area contributed by atoms with Crippen LogP contribution in [0.5, 0.6) is 0 Å². The molecule has 5 rings (SSSR count). The molecule has 1 aromatic heterocycles. The summed E-state index contributed by atoms with van der Waals surface area (Å²) in [4.78, 5) is 2.21. The minimum Gasteiger partial charge on any atom is -0.301 e. The smallest absolute Gasteiger partial charge is 0.267 e. The molecule has 0 saturated carbocycles. The zero-order chi connectivity index (χ0) is 21.4. The average Bonchev–Trinajstić information content (AvgIpc) is 2.97. The van der Waals surface area contributed by atoms with Crippen LogP contribution in [0.1, 0.15) is 22.6 Å². The zero-order valence-corrected chi connectivity index (χ0v) is 20.4. The molecule has 0 radical (unpaired) electrons. The maximum absolute atomic E-state index is 12.7. The Kier molecular flexibility index (Phi) is 5.74. The molecule has 0 aliphatic carbocycles. The number of benzene rings is 2. The number of likely N-dealkylation sites (N-methyl/N-ethyl adjacent to an activating group) is 1. The Balaban J connectivity index is 0.00000231. The van der Waals surface area contributed by atoms with Gasteiger partial charge in [0.05, 0.1) is 5.69 Å². The van der Waals surface area contributed by atoms with Gasteiger partial charge in [0.25, 0.3) is 10.0 Å². The first kappa shape index (κ1) is 22.7. The van der Waals surface area contributed by atoms with Gasteiger partial charge in [-0.2, -0.15) is 5.10 Å². The summed E-state index contributed by atoms with van der Waals surface area (Å²) in [5.74, 6) is 0.0291. The molecule has 0 saturated heterocycles. The highest BCUT2D eigenvalue weighted by Gasteiger charge is 2.35. The fraction of sp³-hybridized carbons (Fsp3) is 0.250. The van der Waals surface area contributed by atoms with E-state index in [2.05, 4.69) is 14.7 Å². The van der Waals surface area contributed by atoms with Crippen molar-refractivity contribution in [1.82, 2.24) is 14.7 Å². The van der Waals surface area contributed by atoms with E-state index in [9.17, 15) is 8.42 Å². The third-order valence-corrected chi connectivity index (χ3v) is 8.16. The Morgan fingerprint density at radius 1 is 1.13 bits per heavy atom. The minimum absolute atomic E-state index is 0. The van der Waals surface area contributed by atoms with Gasteiger partial charge < -0.3 is 4.90 Å². The molecule has 3 aromatic rings. The molecule has 164 valence electrons. The van der Waals surface area contributed by atoms with Crippen molar-refractivity contribution >= 4 is 62.9 Å². The minimum atomic E-state index is -3.78. The van der Waals surface area contributed by atoms with Crippen LogP contribution in [0, 0.1) is 0 Å². The van der Waals surface area contributed by atoms with Crippen molar-refractivity contribution in [2.24, 2.45) is 7.05 Å². The van der Waals surface area contributed by atoms with Gasteiger partial charge in [-0.15, -0.1) is 12.4 Å². The normalized spacial score (nSPS) is 18.9. The zero-order valence-electron chi connectivity index (χ0n) is 16.5. The van der Waals surface area contributed by atoms with E-state index in [-0.39, 0.29) is 28.4 Å². The van der Waals surface area contributed by atoms with Crippen LogP contribution in [-0.4, -0.2) is 36.7 Å². The van der Waals surface area contributed by atoms with E-state index in [0.717, 1.165) is 29.8 Å². The first-order valence-corrected chi connectivity index (χ1v) is 11.8. The lowest BCUT2D eigenvalue weighted by Gasteiger charge is -2.34. The first-order chi connectivity index (χ1) is 14.2. The Bertz CT molecular complexity index is 1320. The van der Waals surface area contributed by atoms with Crippen molar-refractivity contribution in [1.29, 1.82) is 0 Å². The molecule has 1 atom stereocenters. The number of hydrogen-bond donors (Lipinski definition) is 1. The van der Waals surface area contributed by atoms with Crippen LogP contribution < -0.4 is 4.72 Å². The van der Waals surface area contributed by atoms with Gasteiger partial charge in [-0.1, -0.05) is 40.9 Å². The van der Waals surface area contributed by atoms with Crippen LogP contribution in [0.15, 0.2) is 35.2 Å². The van der Waals surface area contributed by atoms with Crippen molar-refractivity contribution in [2.45, 2.75) is 17.4 Å². The number of halogens is 4. The van der Waals surface area contributed by atoms with E-state index >= 15 is 0 Å². The fourth-order valence-electron chi connectivity index (χ4n) is 4.29. The van der Waals surface area contributed by atoms with Crippen molar-refractivity contribution in [3.05, 3.63) is 62.2 Å². The summed E-state index contributed by atoms with van der Waals surface area (Å²) >= 11 is 19.0. The summed E-state index contributed by atoms with van der Waals surface area (Å²) in [6.45, 7) is 1.52. The molecule has 0 spiro atoms. The molecule has 2 aliphatic heterocycles. The molecular formula is C20H18Cl4N4O2S. The van der Waals surface area contributed by atoms with Gasteiger partial charge in [-0.05, 0) is 48.0 Å². The molecule has 3 heterocycles. The quantitative estimate of drug-likeness (QED) is 0.482. The number of rotatable bonds is 1. The van der Waals surface area contributed by atoms with Crippen molar-refractivity contribution < 1.29 is 8.42 Å². The van der Waals surface area contributed by atoms with E-state index in [1.165, 1.54) is 4.68 Å². The topological polar surface area (TPSA) is 67.2 Å². The summed E-state index contributed by atoms with van der Waals surface area (Å²) in [6, 6.07) is 9.41. The maximum atomic E-state index is 12.7. The van der Waals surface area contributed by atoms with Gasteiger partial charge in [0.15, 0.2) is 4.90 Å². The van der Waals surface area contributed by atoms with Crippen molar-refractivity contribution in [2.75, 3.05) is 18.3 Å². The van der Waals surface area contributed by atoms with Crippen LogP contribution in [0.25, 0.3) is 11.3 Å². The number of aryl methyl sites for hydroxylation is 1. The van der Waals surface area contributed by atoms with E-state index in [4.69, 9.17) is 34.8 Å². The van der Waals surface area contributed by atoms with Gasteiger partial charge in [0.1, 0.15) is 10.8 Å². The second kappa shape index (κ2) is 7.83. The highest BCUT2D eigenvalue weighted by Crippen LogP contribution is 2.44. The molecule has 0 bridgehead atoms. The molecular weight excluding hydrogens is 502 g/mol. The van der Waals surface area contributed by atoms with Gasteiger partial charge in [-0.3, -0.25) is 9.40 Å². The standard InChI is InChI=1S/C20H17Cl3N4O2S.ClH/c1-26-8-14(12-6-11(21)7-16(22)15(12)9-26)10-3-4-17-13(5-10)18-19(30(28,29)25-17)20(23)27(2)24-18;/h3-7,14,25H,8-9H2,1-2H3;1H. The van der Waals surface area contributed by atoms with Gasteiger partial charge in [-0.25, -0.2) is 8.42 Å². The molecule has 1 unspecified atom stereocenters. The number of nitrogens with one attached hydrogen (secondary N) is 1. The van der Waals surface area contributed by atoms with Gasteiger partial charge >= 0.3 is 0 Å². The highest BCUT2D eigenvalue weighted by molar-refractivity contribution is 7.93. The van der Waals surface area contributed by atoms with Gasteiger partial charge in [0.2, 0.25) is 0 Å². The van der Waals surface area contributed by atoms with Gasteiger partial charge in [0, 0.05) is 41.7 Å². The van der Waals surface area contributed by atoms with Crippen molar-refractivity contribution in [3.63, 3.8) is 0 Å². The Labute approximate surface area is 201 Å². The number of hydrogen-bond acceptors (Lipinski definition) is 4. The first-order valence-electron chi connectivity index (χ1n) is 9.21. The SMILES string of the molecule is CN1Cc2c(Cl)cc(Cl)cc2C(c2ccc3c(c2)-c2nn(C)c(Cl)c2S(=O)(=O)N3)C1.Cl. The summed E-state index contributed by atoms with van der Waals surface area (Å²) in [6.07, 6.45) is 0. The largest absolute Gasteiger partial charge is 0.301 e. The van der Waals surface area contributed by atoms with Crippen LogP contribution in [0.4, 0.5) is 5.69 Å². The Morgan fingerprint density at radius 2 is 1.87 bits per heavy atom.